The molecule has 0 aliphatic heterocycles. The lowest BCUT2D eigenvalue weighted by Gasteiger charge is -2.07. The maximum Gasteiger partial charge on any atom is 0.306 e. The van der Waals surface area contributed by atoms with Crippen LogP contribution in [-0.2, 0) is 11.2 Å². The van der Waals surface area contributed by atoms with E-state index >= 15 is 0 Å². The number of carboxylic acid groups (broad SMARTS) is 1. The van der Waals surface area contributed by atoms with Gasteiger partial charge in [-0.1, -0.05) is 6.92 Å². The topological polar surface area (TPSA) is 49.3 Å². The van der Waals surface area contributed by atoms with Crippen molar-refractivity contribution in [2.45, 2.75) is 26.7 Å². The predicted octanol–water partition coefficient (Wildman–Crippen LogP) is 2.30. The first-order valence-corrected chi connectivity index (χ1v) is 6.45. The van der Waals surface area contributed by atoms with Crippen molar-refractivity contribution in [3.63, 3.8) is 0 Å². The number of nitrogens with one attached hydrogen (secondary N) is 1. The fourth-order valence-corrected chi connectivity index (χ4v) is 2.34. The molecule has 0 saturated heterocycles. The highest BCUT2D eigenvalue weighted by Crippen LogP contribution is 2.15. The first kappa shape index (κ1) is 13.2. The molecule has 1 heterocycles. The van der Waals surface area contributed by atoms with E-state index in [4.69, 9.17) is 5.11 Å². The smallest absolute Gasteiger partial charge is 0.306 e. The van der Waals surface area contributed by atoms with E-state index in [1.54, 1.807) is 18.3 Å². The van der Waals surface area contributed by atoms with Crippen molar-refractivity contribution in [1.82, 2.24) is 5.32 Å². The van der Waals surface area contributed by atoms with Crippen molar-refractivity contribution in [3.05, 3.63) is 21.9 Å². The summed E-state index contributed by atoms with van der Waals surface area (Å²) in [5, 5.41) is 14.1. The molecule has 0 aromatic carbocycles. The summed E-state index contributed by atoms with van der Waals surface area (Å²) in [7, 11) is 0. The molecule has 0 spiro atoms. The van der Waals surface area contributed by atoms with Crippen molar-refractivity contribution in [2.24, 2.45) is 5.92 Å². The van der Waals surface area contributed by atoms with Gasteiger partial charge >= 0.3 is 5.97 Å². The molecule has 0 aliphatic carbocycles. The highest BCUT2D eigenvalue weighted by molar-refractivity contribution is 7.10. The third-order valence-corrected chi connectivity index (χ3v) is 3.76. The first-order valence-electron chi connectivity index (χ1n) is 5.57. The molecule has 1 rings (SSSR count). The van der Waals surface area contributed by atoms with E-state index in [9.17, 15) is 4.79 Å². The molecule has 0 radical (unpaired) electrons. The van der Waals surface area contributed by atoms with Crippen LogP contribution in [0, 0.1) is 12.8 Å². The molecule has 90 valence electrons. The summed E-state index contributed by atoms with van der Waals surface area (Å²) < 4.78 is 0. The molecular weight excluding hydrogens is 222 g/mol. The molecule has 4 heteroatoms. The second kappa shape index (κ2) is 6.66. The van der Waals surface area contributed by atoms with Gasteiger partial charge in [0, 0.05) is 4.88 Å². The number of aliphatic carboxylic acids is 1. The number of rotatable bonds is 7. The summed E-state index contributed by atoms with van der Waals surface area (Å²) in [5.74, 6) is -0.966. The van der Waals surface area contributed by atoms with Crippen molar-refractivity contribution in [3.8, 4) is 0 Å². The lowest BCUT2D eigenvalue weighted by Crippen LogP contribution is -2.22. The summed E-state index contributed by atoms with van der Waals surface area (Å²) in [6.45, 7) is 5.57. The van der Waals surface area contributed by atoms with Crippen LogP contribution in [0.1, 0.15) is 23.8 Å². The number of thiophene rings is 1. The van der Waals surface area contributed by atoms with Gasteiger partial charge in [-0.3, -0.25) is 4.79 Å². The van der Waals surface area contributed by atoms with Crippen LogP contribution in [0.5, 0.6) is 0 Å². The van der Waals surface area contributed by atoms with Gasteiger partial charge in [-0.2, -0.15) is 0 Å². The van der Waals surface area contributed by atoms with Crippen LogP contribution >= 0.6 is 11.3 Å². The van der Waals surface area contributed by atoms with E-state index < -0.39 is 5.97 Å². The Labute approximate surface area is 100 Å². The lowest BCUT2D eigenvalue weighted by atomic mass is 10.1. The third-order valence-electron chi connectivity index (χ3n) is 2.67. The molecule has 1 unspecified atom stereocenters. The van der Waals surface area contributed by atoms with Crippen LogP contribution in [-0.4, -0.2) is 24.2 Å². The number of hydrogen-bond donors (Lipinski definition) is 2. The first-order chi connectivity index (χ1) is 7.61. The van der Waals surface area contributed by atoms with Gasteiger partial charge in [-0.05, 0) is 49.9 Å². The molecule has 0 bridgehead atoms. The second-order valence-electron chi connectivity index (χ2n) is 4.05. The average Bonchev–Trinajstić information content (AvgIpc) is 2.63. The lowest BCUT2D eigenvalue weighted by molar-refractivity contribution is -0.141. The summed E-state index contributed by atoms with van der Waals surface area (Å²) >= 11 is 1.78. The summed E-state index contributed by atoms with van der Waals surface area (Å²) in [4.78, 5) is 12.0. The van der Waals surface area contributed by atoms with Gasteiger partial charge in [0.05, 0.1) is 5.92 Å². The van der Waals surface area contributed by atoms with E-state index in [0.29, 0.717) is 6.42 Å². The van der Waals surface area contributed by atoms with Crippen molar-refractivity contribution in [1.29, 1.82) is 0 Å². The number of carbonyl (C=O) groups is 1. The fraction of sp³-hybridized carbons (Fsp3) is 0.583. The van der Waals surface area contributed by atoms with Crippen LogP contribution in [0.4, 0.5) is 0 Å². The third kappa shape index (κ3) is 4.33. The molecule has 0 amide bonds. The van der Waals surface area contributed by atoms with Crippen molar-refractivity contribution >= 4 is 17.3 Å². The minimum Gasteiger partial charge on any atom is -0.481 e. The van der Waals surface area contributed by atoms with Gasteiger partial charge in [0.1, 0.15) is 0 Å². The molecule has 0 aliphatic rings. The average molecular weight is 241 g/mol. The standard InChI is InChI=1S/C12H19NO2S/c1-9-5-8-16-11(9)4-7-13-6-3-10(2)12(14)15/h5,8,10,13H,3-4,6-7H2,1-2H3,(H,14,15). The van der Waals surface area contributed by atoms with Gasteiger partial charge in [-0.25, -0.2) is 0 Å². The van der Waals surface area contributed by atoms with E-state index in [1.807, 2.05) is 0 Å². The monoisotopic (exact) mass is 241 g/mol. The number of hydrogen-bond acceptors (Lipinski definition) is 3. The minimum absolute atomic E-state index is 0.254. The molecule has 3 nitrogen and oxygen atoms in total. The van der Waals surface area contributed by atoms with Gasteiger partial charge in [-0.15, -0.1) is 11.3 Å². The Morgan fingerprint density at radius 3 is 2.88 bits per heavy atom. The quantitative estimate of drug-likeness (QED) is 0.720. The second-order valence-corrected chi connectivity index (χ2v) is 5.06. The summed E-state index contributed by atoms with van der Waals surface area (Å²) in [6.07, 6.45) is 1.73. The number of carboxylic acids is 1. The van der Waals surface area contributed by atoms with E-state index in [-0.39, 0.29) is 5.92 Å². The Hall–Kier alpha value is -0.870. The molecule has 16 heavy (non-hydrogen) atoms. The maximum atomic E-state index is 10.6. The predicted molar refractivity (Wildman–Crippen MR) is 67.0 cm³/mol. The Morgan fingerprint density at radius 2 is 2.31 bits per heavy atom. The van der Waals surface area contributed by atoms with E-state index in [2.05, 4.69) is 23.7 Å². The normalized spacial score (nSPS) is 12.6. The van der Waals surface area contributed by atoms with E-state index in [1.165, 1.54) is 10.4 Å². The Balaban J connectivity index is 2.09. The van der Waals surface area contributed by atoms with Crippen molar-refractivity contribution < 1.29 is 9.90 Å². The van der Waals surface area contributed by atoms with Gasteiger partial charge in [0.15, 0.2) is 0 Å². The fourth-order valence-electron chi connectivity index (χ4n) is 1.43. The minimum atomic E-state index is -0.712. The zero-order chi connectivity index (χ0) is 12.0. The Morgan fingerprint density at radius 1 is 1.56 bits per heavy atom. The van der Waals surface area contributed by atoms with Gasteiger partial charge in [0.2, 0.25) is 0 Å². The summed E-state index contributed by atoms with van der Waals surface area (Å²) in [5.41, 5.74) is 1.35. The Bertz CT molecular complexity index is 336. The van der Waals surface area contributed by atoms with Crippen LogP contribution in [0.15, 0.2) is 11.4 Å². The zero-order valence-corrected chi connectivity index (χ0v) is 10.6. The molecule has 0 saturated carbocycles. The van der Waals surface area contributed by atoms with Crippen LogP contribution in [0.2, 0.25) is 0 Å². The van der Waals surface area contributed by atoms with Crippen molar-refractivity contribution in [2.75, 3.05) is 13.1 Å². The molecule has 1 aromatic heterocycles. The van der Waals surface area contributed by atoms with Gasteiger partial charge < -0.3 is 10.4 Å². The zero-order valence-electron chi connectivity index (χ0n) is 9.82. The number of aryl methyl sites for hydroxylation is 1. The van der Waals surface area contributed by atoms with Crippen LogP contribution in [0.3, 0.4) is 0 Å². The van der Waals surface area contributed by atoms with Crippen LogP contribution < -0.4 is 5.32 Å². The Kier molecular flexibility index (Phi) is 5.49. The molecule has 0 fully saturated rings. The molecular formula is C12H19NO2S. The SMILES string of the molecule is Cc1ccsc1CCNCCC(C)C(=O)O. The van der Waals surface area contributed by atoms with Crippen LogP contribution in [0.25, 0.3) is 0 Å². The maximum absolute atomic E-state index is 10.6. The summed E-state index contributed by atoms with van der Waals surface area (Å²) in [6, 6.07) is 2.13. The molecule has 1 aromatic rings. The largest absolute Gasteiger partial charge is 0.481 e. The molecule has 1 atom stereocenters. The van der Waals surface area contributed by atoms with E-state index in [0.717, 1.165) is 19.5 Å². The highest BCUT2D eigenvalue weighted by Gasteiger charge is 2.09. The highest BCUT2D eigenvalue weighted by atomic mass is 32.1. The molecule has 2 N–H and O–H groups in total. The van der Waals surface area contributed by atoms with Gasteiger partial charge in [0.25, 0.3) is 0 Å².